The molecule has 0 fully saturated rings. The first-order valence-electron chi connectivity index (χ1n) is 3.48. The van der Waals surface area contributed by atoms with Crippen LogP contribution in [0.4, 0.5) is 5.69 Å². The number of anilines is 1. The van der Waals surface area contributed by atoms with Crippen LogP contribution in [0.3, 0.4) is 0 Å². The van der Waals surface area contributed by atoms with Crippen molar-refractivity contribution in [3.05, 3.63) is 27.3 Å². The minimum Gasteiger partial charge on any atom is -0.398 e. The molecule has 0 spiro atoms. The number of hydrogen-bond donors (Lipinski definition) is 2. The Hall–Kier alpha value is 0.290. The fraction of sp³-hybridized carbons (Fsp3) is 0.250. The van der Waals surface area contributed by atoms with Gasteiger partial charge in [0.05, 0.1) is 0 Å². The lowest BCUT2D eigenvalue weighted by molar-refractivity contribution is 0.968. The van der Waals surface area contributed by atoms with Gasteiger partial charge < -0.3 is 11.5 Å². The van der Waals surface area contributed by atoms with Gasteiger partial charge in [-0.15, -0.1) is 24.8 Å². The van der Waals surface area contributed by atoms with Gasteiger partial charge in [0.25, 0.3) is 0 Å². The molecule has 0 bridgehead atoms. The van der Waals surface area contributed by atoms with Crippen molar-refractivity contribution in [3.63, 3.8) is 0 Å². The molecule has 0 aliphatic carbocycles. The van der Waals surface area contributed by atoms with Gasteiger partial charge >= 0.3 is 0 Å². The van der Waals surface area contributed by atoms with Crippen LogP contribution in [0.15, 0.2) is 18.2 Å². The fourth-order valence-corrected chi connectivity index (χ4v) is 1.47. The summed E-state index contributed by atoms with van der Waals surface area (Å²) in [5.74, 6) is 0. The van der Waals surface area contributed by atoms with Crippen LogP contribution in [0.1, 0.15) is 5.56 Å². The highest BCUT2D eigenvalue weighted by Crippen LogP contribution is 2.16. The first-order chi connectivity index (χ1) is 5.24. The van der Waals surface area contributed by atoms with Gasteiger partial charge in [-0.1, -0.05) is 6.07 Å². The van der Waals surface area contributed by atoms with Crippen LogP contribution in [-0.4, -0.2) is 6.54 Å². The number of benzene rings is 1. The standard InChI is InChI=1S/C8H11IN2.2ClH/c9-7-5-6(3-4-10)1-2-8(7)11;;/h1-2,5H,3-4,10-11H2;2*1H. The second-order valence-corrected chi connectivity index (χ2v) is 3.56. The molecule has 1 aromatic carbocycles. The highest BCUT2D eigenvalue weighted by Gasteiger charge is 1.95. The van der Waals surface area contributed by atoms with Gasteiger partial charge in [-0.05, 0) is 53.3 Å². The number of nitrogens with two attached hydrogens (primary N) is 2. The summed E-state index contributed by atoms with van der Waals surface area (Å²) in [4.78, 5) is 0. The van der Waals surface area contributed by atoms with Crippen molar-refractivity contribution in [1.82, 2.24) is 0 Å². The summed E-state index contributed by atoms with van der Waals surface area (Å²) < 4.78 is 1.11. The first kappa shape index (κ1) is 15.7. The van der Waals surface area contributed by atoms with E-state index in [-0.39, 0.29) is 24.8 Å². The van der Waals surface area contributed by atoms with E-state index in [2.05, 4.69) is 28.7 Å². The van der Waals surface area contributed by atoms with Crippen LogP contribution >= 0.6 is 47.4 Å². The van der Waals surface area contributed by atoms with E-state index >= 15 is 0 Å². The van der Waals surface area contributed by atoms with Gasteiger partial charge in [-0.25, -0.2) is 0 Å². The summed E-state index contributed by atoms with van der Waals surface area (Å²) in [5.41, 5.74) is 13.2. The van der Waals surface area contributed by atoms with Crippen LogP contribution in [-0.2, 0) is 6.42 Å². The molecule has 4 N–H and O–H groups in total. The Labute approximate surface area is 104 Å². The van der Waals surface area contributed by atoms with Crippen LogP contribution in [0.25, 0.3) is 0 Å². The molecule has 0 saturated carbocycles. The van der Waals surface area contributed by atoms with Crippen LogP contribution in [0.2, 0.25) is 0 Å². The zero-order valence-electron chi connectivity index (χ0n) is 7.00. The molecule has 0 saturated heterocycles. The molecule has 0 heterocycles. The summed E-state index contributed by atoms with van der Waals surface area (Å²) in [5, 5.41) is 0. The topological polar surface area (TPSA) is 52.0 Å². The summed E-state index contributed by atoms with van der Waals surface area (Å²) in [6.45, 7) is 0.694. The second kappa shape index (κ2) is 7.67. The highest BCUT2D eigenvalue weighted by atomic mass is 127. The van der Waals surface area contributed by atoms with Gasteiger partial charge in [-0.2, -0.15) is 0 Å². The van der Waals surface area contributed by atoms with Crippen molar-refractivity contribution in [1.29, 1.82) is 0 Å². The Balaban J connectivity index is 0. The lowest BCUT2D eigenvalue weighted by Crippen LogP contribution is -2.03. The molecule has 1 rings (SSSR count). The van der Waals surface area contributed by atoms with Crippen LogP contribution in [0.5, 0.6) is 0 Å². The Morgan fingerprint density at radius 1 is 1.23 bits per heavy atom. The Kier molecular flexibility index (Phi) is 9.29. The smallest absolute Gasteiger partial charge is 0.0449 e. The average Bonchev–Trinajstić information content (AvgIpc) is 1.98. The number of rotatable bonds is 2. The van der Waals surface area contributed by atoms with Crippen LogP contribution in [0, 0.1) is 3.57 Å². The van der Waals surface area contributed by atoms with E-state index in [1.807, 2.05) is 12.1 Å². The maximum Gasteiger partial charge on any atom is 0.0449 e. The van der Waals surface area contributed by atoms with E-state index in [4.69, 9.17) is 11.5 Å². The Bertz CT molecular complexity index is 256. The van der Waals surface area contributed by atoms with Crippen LogP contribution < -0.4 is 11.5 Å². The van der Waals surface area contributed by atoms with E-state index in [1.165, 1.54) is 5.56 Å². The summed E-state index contributed by atoms with van der Waals surface area (Å²) in [7, 11) is 0. The number of halogens is 3. The van der Waals surface area contributed by atoms with E-state index in [0.717, 1.165) is 15.7 Å². The van der Waals surface area contributed by atoms with Crippen molar-refractivity contribution in [2.24, 2.45) is 5.73 Å². The van der Waals surface area contributed by atoms with Gasteiger partial charge in [0.1, 0.15) is 0 Å². The zero-order valence-corrected chi connectivity index (χ0v) is 10.8. The third-order valence-corrected chi connectivity index (χ3v) is 2.43. The fourth-order valence-electron chi connectivity index (χ4n) is 0.893. The Morgan fingerprint density at radius 3 is 2.31 bits per heavy atom. The maximum absolute atomic E-state index is 5.65. The summed E-state index contributed by atoms with van der Waals surface area (Å²) >= 11 is 2.22. The molecule has 1 aromatic rings. The van der Waals surface area contributed by atoms with Crippen molar-refractivity contribution < 1.29 is 0 Å². The molecule has 0 aliphatic heterocycles. The zero-order chi connectivity index (χ0) is 8.27. The average molecular weight is 335 g/mol. The monoisotopic (exact) mass is 334 g/mol. The molecule has 0 unspecified atom stereocenters. The SMILES string of the molecule is Cl.Cl.NCCc1ccc(N)c(I)c1. The maximum atomic E-state index is 5.65. The van der Waals surface area contributed by atoms with Gasteiger partial charge in [0.2, 0.25) is 0 Å². The molecular weight excluding hydrogens is 322 g/mol. The predicted octanol–water partition coefficient (Wildman–Crippen LogP) is 2.22. The molecule has 2 nitrogen and oxygen atoms in total. The molecule has 0 amide bonds. The third-order valence-electron chi connectivity index (χ3n) is 1.50. The predicted molar refractivity (Wildman–Crippen MR) is 70.8 cm³/mol. The molecule has 0 atom stereocenters. The number of nitrogen functional groups attached to an aromatic ring is 1. The van der Waals surface area contributed by atoms with Crippen molar-refractivity contribution in [2.75, 3.05) is 12.3 Å². The van der Waals surface area contributed by atoms with E-state index in [0.29, 0.717) is 6.54 Å². The summed E-state index contributed by atoms with van der Waals surface area (Å²) in [6.07, 6.45) is 0.927. The molecule has 0 aliphatic rings. The molecule has 0 aromatic heterocycles. The van der Waals surface area contributed by atoms with E-state index in [9.17, 15) is 0 Å². The van der Waals surface area contributed by atoms with Crippen molar-refractivity contribution in [3.8, 4) is 0 Å². The highest BCUT2D eigenvalue weighted by molar-refractivity contribution is 14.1. The quantitative estimate of drug-likeness (QED) is 0.643. The minimum atomic E-state index is 0. The largest absolute Gasteiger partial charge is 0.398 e. The molecule has 0 radical (unpaired) electrons. The van der Waals surface area contributed by atoms with Crippen molar-refractivity contribution in [2.45, 2.75) is 6.42 Å². The number of hydrogen-bond acceptors (Lipinski definition) is 2. The lowest BCUT2D eigenvalue weighted by Gasteiger charge is -2.01. The van der Waals surface area contributed by atoms with Gasteiger partial charge in [0, 0.05) is 9.26 Å². The second-order valence-electron chi connectivity index (χ2n) is 2.39. The minimum absolute atomic E-state index is 0. The first-order valence-corrected chi connectivity index (χ1v) is 4.56. The van der Waals surface area contributed by atoms with E-state index in [1.54, 1.807) is 0 Å². The Morgan fingerprint density at radius 2 is 1.85 bits per heavy atom. The van der Waals surface area contributed by atoms with Gasteiger partial charge in [0.15, 0.2) is 0 Å². The third kappa shape index (κ3) is 4.90. The van der Waals surface area contributed by atoms with Gasteiger partial charge in [-0.3, -0.25) is 0 Å². The van der Waals surface area contributed by atoms with Crippen molar-refractivity contribution >= 4 is 53.1 Å². The normalized spacial score (nSPS) is 8.46. The molecular formula is C8H13Cl2IN2. The summed E-state index contributed by atoms with van der Waals surface area (Å²) in [6, 6.07) is 6.01. The lowest BCUT2D eigenvalue weighted by atomic mass is 10.1. The van der Waals surface area contributed by atoms with E-state index < -0.39 is 0 Å². The molecule has 5 heteroatoms. The molecule has 76 valence electrons. The molecule has 13 heavy (non-hydrogen) atoms.